The summed E-state index contributed by atoms with van der Waals surface area (Å²) in [4.78, 5) is 7.14. The molecule has 0 aliphatic carbocycles. The first-order valence-electron chi connectivity index (χ1n) is 11.0. The van der Waals surface area contributed by atoms with Crippen molar-refractivity contribution in [2.75, 3.05) is 36.5 Å². The van der Waals surface area contributed by atoms with Crippen LogP contribution >= 0.6 is 15.9 Å². The lowest BCUT2D eigenvalue weighted by Crippen LogP contribution is -2.36. The second-order valence-electron chi connectivity index (χ2n) is 8.38. The molecule has 166 valence electrons. The van der Waals surface area contributed by atoms with Gasteiger partial charge in [-0.3, -0.25) is 0 Å². The fourth-order valence-corrected chi connectivity index (χ4v) is 4.33. The highest BCUT2D eigenvalue weighted by atomic mass is 79.9. The molecule has 4 rings (SSSR count). The molecule has 0 spiro atoms. The van der Waals surface area contributed by atoms with Crippen molar-refractivity contribution in [3.63, 3.8) is 0 Å². The third-order valence-corrected chi connectivity index (χ3v) is 6.13. The number of morpholine rings is 1. The number of rotatable bonds is 6. The Morgan fingerprint density at radius 1 is 1.09 bits per heavy atom. The number of nitrogens with one attached hydrogen (secondary N) is 2. The molecule has 0 saturated carbocycles. The van der Waals surface area contributed by atoms with Crippen LogP contribution in [-0.4, -0.2) is 37.0 Å². The fourth-order valence-electron chi connectivity index (χ4n) is 3.93. The van der Waals surface area contributed by atoms with Crippen molar-refractivity contribution in [2.24, 2.45) is 5.92 Å². The van der Waals surface area contributed by atoms with E-state index in [4.69, 9.17) is 15.1 Å². The summed E-state index contributed by atoms with van der Waals surface area (Å²) in [5, 5.41) is 12.3. The lowest BCUT2D eigenvalue weighted by Gasteiger charge is -2.29. The van der Waals surface area contributed by atoms with E-state index >= 15 is 0 Å². The maximum absolute atomic E-state index is 8.89. The van der Waals surface area contributed by atoms with Crippen LogP contribution in [-0.2, 0) is 4.74 Å². The van der Waals surface area contributed by atoms with E-state index in [1.165, 1.54) is 5.69 Å². The van der Waals surface area contributed by atoms with Gasteiger partial charge >= 0.3 is 0 Å². The molecular weight excluding hydrogens is 464 g/mol. The number of hydrogen-bond donors (Lipinski definition) is 2. The lowest BCUT2D eigenvalue weighted by molar-refractivity contribution is 0.122. The van der Waals surface area contributed by atoms with Gasteiger partial charge in [0.05, 0.1) is 13.2 Å². The molecule has 1 aliphatic heterocycles. The molecule has 1 aliphatic rings. The highest BCUT2D eigenvalue weighted by Crippen LogP contribution is 2.34. The Balaban J connectivity index is 1.77. The summed E-state index contributed by atoms with van der Waals surface area (Å²) in [6.45, 7) is 9.47. The maximum atomic E-state index is 8.89. The monoisotopic (exact) mass is 492 g/mol. The minimum atomic E-state index is 0.0777. The summed E-state index contributed by atoms with van der Waals surface area (Å²) in [5.74, 6) is 0.794. The quantitative estimate of drug-likeness (QED) is 0.389. The Kier molecular flexibility index (Phi) is 6.92. The molecule has 0 bridgehead atoms. The van der Waals surface area contributed by atoms with Crippen molar-refractivity contribution < 1.29 is 4.74 Å². The largest absolute Gasteiger partial charge is 0.378 e. The van der Waals surface area contributed by atoms with Gasteiger partial charge in [0.25, 0.3) is 0 Å². The number of hydrogen-bond acceptors (Lipinski definition) is 5. The maximum Gasteiger partial charge on any atom is 0.140 e. The predicted molar refractivity (Wildman–Crippen MR) is 137 cm³/mol. The molecule has 5 nitrogen and oxygen atoms in total. The van der Waals surface area contributed by atoms with E-state index in [1.54, 1.807) is 0 Å². The first kappa shape index (κ1) is 22.5. The van der Waals surface area contributed by atoms with Gasteiger partial charge in [-0.1, -0.05) is 48.0 Å². The topological polar surface area (TPSA) is 61.2 Å². The Morgan fingerprint density at radius 2 is 1.81 bits per heavy atom. The van der Waals surface area contributed by atoms with Gasteiger partial charge in [0.2, 0.25) is 0 Å². The normalized spacial score (nSPS) is 14.0. The Morgan fingerprint density at radius 3 is 2.47 bits per heavy atom. The molecule has 1 saturated heterocycles. The van der Waals surface area contributed by atoms with Crippen LogP contribution < -0.4 is 10.2 Å². The Labute approximate surface area is 198 Å². The predicted octanol–water partition coefficient (Wildman–Crippen LogP) is 6.42. The first-order chi connectivity index (χ1) is 15.4. The summed E-state index contributed by atoms with van der Waals surface area (Å²) in [7, 11) is 0. The number of nitrogens with zero attached hydrogens (tertiary/aromatic N) is 2. The van der Waals surface area contributed by atoms with E-state index < -0.39 is 0 Å². The van der Waals surface area contributed by atoms with Gasteiger partial charge in [0.15, 0.2) is 0 Å². The molecule has 1 fully saturated rings. The Hall–Kier alpha value is -2.70. The summed E-state index contributed by atoms with van der Waals surface area (Å²) in [5.41, 5.74) is 6.59. The molecule has 6 heteroatoms. The summed E-state index contributed by atoms with van der Waals surface area (Å²) in [6, 6.07) is 18.7. The molecule has 2 heterocycles. The molecular formula is C26H29BrN4O. The average molecular weight is 493 g/mol. The van der Waals surface area contributed by atoms with E-state index in [9.17, 15) is 0 Å². The minimum Gasteiger partial charge on any atom is -0.378 e. The number of ether oxygens (including phenoxy) is 1. The van der Waals surface area contributed by atoms with E-state index in [2.05, 4.69) is 70.3 Å². The number of anilines is 3. The molecule has 0 unspecified atom stereocenters. The zero-order chi connectivity index (χ0) is 22.7. The SMILES string of the molecule is Cc1cc(-c2ccc(N3CCOCC3)cc2)c(C(=N)C(C)C)c(Nc2cccc(Br)c2)n1. The van der Waals surface area contributed by atoms with Gasteiger partial charge in [0.1, 0.15) is 5.82 Å². The van der Waals surface area contributed by atoms with Gasteiger partial charge in [-0.05, 0) is 60.4 Å². The van der Waals surface area contributed by atoms with E-state index in [-0.39, 0.29) is 5.92 Å². The van der Waals surface area contributed by atoms with Crippen LogP contribution in [0.1, 0.15) is 25.1 Å². The zero-order valence-electron chi connectivity index (χ0n) is 18.8. The van der Waals surface area contributed by atoms with Crippen LogP contribution in [0.5, 0.6) is 0 Å². The highest BCUT2D eigenvalue weighted by Gasteiger charge is 2.20. The smallest absolute Gasteiger partial charge is 0.140 e. The zero-order valence-corrected chi connectivity index (χ0v) is 20.4. The number of benzene rings is 2. The van der Waals surface area contributed by atoms with Crippen LogP contribution in [0.3, 0.4) is 0 Å². The number of aryl methyl sites for hydroxylation is 1. The fraction of sp³-hybridized carbons (Fsp3) is 0.308. The molecule has 0 radical (unpaired) electrons. The van der Waals surface area contributed by atoms with E-state index in [0.29, 0.717) is 11.5 Å². The van der Waals surface area contributed by atoms with Gasteiger partial charge in [-0.2, -0.15) is 0 Å². The minimum absolute atomic E-state index is 0.0777. The average Bonchev–Trinajstić information content (AvgIpc) is 2.79. The molecule has 1 aromatic heterocycles. The standard InChI is InChI=1S/C26H29BrN4O/c1-17(2)25(28)24-23(19-7-9-22(10-8-19)31-11-13-32-14-12-31)15-18(3)29-26(24)30-21-6-4-5-20(27)16-21/h4-10,15-17,28H,11-14H2,1-3H3,(H,29,30). The van der Waals surface area contributed by atoms with Crippen molar-refractivity contribution in [2.45, 2.75) is 20.8 Å². The van der Waals surface area contributed by atoms with Crippen molar-refractivity contribution in [1.29, 1.82) is 5.41 Å². The second-order valence-corrected chi connectivity index (χ2v) is 9.30. The van der Waals surface area contributed by atoms with Crippen LogP contribution in [0.4, 0.5) is 17.2 Å². The number of aromatic nitrogens is 1. The van der Waals surface area contributed by atoms with Crippen LogP contribution in [0.15, 0.2) is 59.1 Å². The molecule has 2 N–H and O–H groups in total. The summed E-state index contributed by atoms with van der Waals surface area (Å²) >= 11 is 3.54. The Bertz CT molecular complexity index is 1110. The third kappa shape index (κ3) is 5.03. The second kappa shape index (κ2) is 9.84. The van der Waals surface area contributed by atoms with Crippen molar-refractivity contribution in [1.82, 2.24) is 4.98 Å². The molecule has 0 amide bonds. The number of halogens is 1. The molecule has 2 aromatic carbocycles. The van der Waals surface area contributed by atoms with Gasteiger partial charge in [0, 0.05) is 45.9 Å². The number of pyridine rings is 1. The van der Waals surface area contributed by atoms with E-state index in [0.717, 1.165) is 58.8 Å². The third-order valence-electron chi connectivity index (χ3n) is 5.64. The van der Waals surface area contributed by atoms with Crippen molar-refractivity contribution in [3.05, 3.63) is 70.3 Å². The molecule has 0 atom stereocenters. The van der Waals surface area contributed by atoms with Gasteiger partial charge < -0.3 is 20.4 Å². The van der Waals surface area contributed by atoms with E-state index in [1.807, 2.05) is 31.2 Å². The van der Waals surface area contributed by atoms with Crippen LogP contribution in [0.25, 0.3) is 11.1 Å². The van der Waals surface area contributed by atoms with Crippen molar-refractivity contribution in [3.8, 4) is 11.1 Å². The van der Waals surface area contributed by atoms with Gasteiger partial charge in [-0.25, -0.2) is 4.98 Å². The molecule has 32 heavy (non-hydrogen) atoms. The summed E-state index contributed by atoms with van der Waals surface area (Å²) < 4.78 is 6.47. The lowest BCUT2D eigenvalue weighted by atomic mass is 9.91. The molecule has 3 aromatic rings. The summed E-state index contributed by atoms with van der Waals surface area (Å²) in [6.07, 6.45) is 0. The van der Waals surface area contributed by atoms with Crippen LogP contribution in [0, 0.1) is 18.3 Å². The van der Waals surface area contributed by atoms with Crippen LogP contribution in [0.2, 0.25) is 0 Å². The van der Waals surface area contributed by atoms with Crippen molar-refractivity contribution >= 4 is 38.8 Å². The highest BCUT2D eigenvalue weighted by molar-refractivity contribution is 9.10. The van der Waals surface area contributed by atoms with Gasteiger partial charge in [-0.15, -0.1) is 0 Å². The first-order valence-corrected chi connectivity index (χ1v) is 11.8.